The average molecular weight is 289 g/mol. The predicted octanol–water partition coefficient (Wildman–Crippen LogP) is 1.10. The van der Waals surface area contributed by atoms with E-state index >= 15 is 0 Å². The van der Waals surface area contributed by atoms with E-state index < -0.39 is 0 Å². The number of nitrogens with two attached hydrogens (primary N) is 1. The van der Waals surface area contributed by atoms with Gasteiger partial charge in [0.25, 0.3) is 0 Å². The van der Waals surface area contributed by atoms with Crippen LogP contribution in [0.3, 0.4) is 0 Å². The Morgan fingerprint density at radius 2 is 2.24 bits per heavy atom. The molecule has 0 amide bonds. The molecule has 0 saturated carbocycles. The molecule has 2 atom stereocenters. The molecule has 0 aliphatic carbocycles. The molecule has 2 aliphatic rings. The Morgan fingerprint density at radius 3 is 2.95 bits per heavy atom. The summed E-state index contributed by atoms with van der Waals surface area (Å²) in [5.74, 6) is 1.82. The second-order valence-corrected chi connectivity index (χ2v) is 6.08. The molecule has 3 heterocycles. The lowest BCUT2D eigenvalue weighted by atomic mass is 9.84. The van der Waals surface area contributed by atoms with E-state index in [0.29, 0.717) is 5.56 Å². The van der Waals surface area contributed by atoms with E-state index in [0.717, 1.165) is 30.9 Å². The monoisotopic (exact) mass is 289 g/mol. The molecule has 114 valence electrons. The number of hydrogen-bond donors (Lipinski definition) is 2. The van der Waals surface area contributed by atoms with Gasteiger partial charge in [-0.3, -0.25) is 0 Å². The van der Waals surface area contributed by atoms with Crippen molar-refractivity contribution < 1.29 is 5.21 Å². The number of likely N-dealkylation sites (tertiary alicyclic amines) is 1. The van der Waals surface area contributed by atoms with Crippen LogP contribution in [0.4, 0.5) is 5.82 Å². The number of nitrogens with zero attached hydrogens (tertiary/aromatic N) is 4. The Balaban J connectivity index is 1.70. The molecule has 3 rings (SSSR count). The Bertz CT molecular complexity index is 515. The fourth-order valence-electron chi connectivity index (χ4n) is 3.64. The van der Waals surface area contributed by atoms with E-state index in [4.69, 9.17) is 10.9 Å². The number of pyridine rings is 1. The van der Waals surface area contributed by atoms with Crippen LogP contribution in [0.25, 0.3) is 0 Å². The fraction of sp³-hybridized carbons (Fsp3) is 0.600. The van der Waals surface area contributed by atoms with Crippen LogP contribution in [0.5, 0.6) is 0 Å². The number of amidine groups is 1. The Morgan fingerprint density at radius 1 is 1.38 bits per heavy atom. The van der Waals surface area contributed by atoms with Crippen LogP contribution >= 0.6 is 0 Å². The molecule has 2 aliphatic heterocycles. The summed E-state index contributed by atoms with van der Waals surface area (Å²) in [5.41, 5.74) is 6.21. The largest absolute Gasteiger partial charge is 0.409 e. The number of piperidine rings is 2. The first kappa shape index (κ1) is 14.1. The number of anilines is 1. The molecule has 6 nitrogen and oxygen atoms in total. The van der Waals surface area contributed by atoms with Crippen molar-refractivity contribution in [2.45, 2.75) is 25.3 Å². The summed E-state index contributed by atoms with van der Waals surface area (Å²) in [6.07, 6.45) is 5.48. The van der Waals surface area contributed by atoms with Gasteiger partial charge in [-0.05, 0) is 50.9 Å². The zero-order chi connectivity index (χ0) is 14.8. The Kier molecular flexibility index (Phi) is 3.96. The lowest BCUT2D eigenvalue weighted by Crippen LogP contribution is -2.52. The van der Waals surface area contributed by atoms with E-state index in [-0.39, 0.29) is 5.84 Å². The molecular formula is C15H23N5O. The molecule has 0 bridgehead atoms. The predicted molar refractivity (Wildman–Crippen MR) is 82.7 cm³/mol. The molecule has 1 aromatic rings. The maximum absolute atomic E-state index is 8.68. The van der Waals surface area contributed by atoms with Crippen LogP contribution in [0.2, 0.25) is 0 Å². The standard InChI is InChI=1S/C15H23N5O/c1-19-7-2-3-12-10-20(8-6-13(12)19)14-5-4-11(9-17-14)15(16)18-21/h4-5,9,12-13,21H,2-3,6-8,10H2,1H3,(H2,16,18). The van der Waals surface area contributed by atoms with Crippen LogP contribution in [-0.2, 0) is 0 Å². The number of hydrogen-bond acceptors (Lipinski definition) is 5. The summed E-state index contributed by atoms with van der Waals surface area (Å²) in [5, 5.41) is 11.7. The van der Waals surface area contributed by atoms with E-state index in [9.17, 15) is 0 Å². The van der Waals surface area contributed by atoms with Gasteiger partial charge < -0.3 is 20.7 Å². The molecule has 2 unspecified atom stereocenters. The smallest absolute Gasteiger partial charge is 0.171 e. The van der Waals surface area contributed by atoms with E-state index in [1.54, 1.807) is 6.20 Å². The second kappa shape index (κ2) is 5.89. The van der Waals surface area contributed by atoms with Gasteiger partial charge in [0.2, 0.25) is 0 Å². The van der Waals surface area contributed by atoms with Gasteiger partial charge in [0.15, 0.2) is 5.84 Å². The van der Waals surface area contributed by atoms with Crippen molar-refractivity contribution in [3.8, 4) is 0 Å². The van der Waals surface area contributed by atoms with Crippen molar-refractivity contribution >= 4 is 11.7 Å². The maximum atomic E-state index is 8.68. The first-order valence-corrected chi connectivity index (χ1v) is 7.58. The van der Waals surface area contributed by atoms with Crippen molar-refractivity contribution in [1.82, 2.24) is 9.88 Å². The van der Waals surface area contributed by atoms with Gasteiger partial charge in [-0.15, -0.1) is 0 Å². The summed E-state index contributed by atoms with van der Waals surface area (Å²) in [6, 6.07) is 4.54. The Labute approximate surface area is 125 Å². The summed E-state index contributed by atoms with van der Waals surface area (Å²) < 4.78 is 0. The molecule has 2 saturated heterocycles. The molecule has 1 aromatic heterocycles. The van der Waals surface area contributed by atoms with Crippen LogP contribution in [0, 0.1) is 5.92 Å². The van der Waals surface area contributed by atoms with Gasteiger partial charge in [-0.1, -0.05) is 5.16 Å². The third-order valence-electron chi connectivity index (χ3n) is 4.82. The first-order chi connectivity index (χ1) is 10.2. The van der Waals surface area contributed by atoms with Crippen LogP contribution in [0.1, 0.15) is 24.8 Å². The molecule has 0 radical (unpaired) electrons. The fourth-order valence-corrected chi connectivity index (χ4v) is 3.64. The third kappa shape index (κ3) is 2.81. The highest BCUT2D eigenvalue weighted by Gasteiger charge is 2.34. The highest BCUT2D eigenvalue weighted by Crippen LogP contribution is 2.31. The van der Waals surface area contributed by atoms with Gasteiger partial charge in [0, 0.05) is 30.9 Å². The third-order valence-corrected chi connectivity index (χ3v) is 4.82. The van der Waals surface area contributed by atoms with Gasteiger partial charge in [0.1, 0.15) is 5.82 Å². The molecule has 2 fully saturated rings. The minimum absolute atomic E-state index is 0.0988. The summed E-state index contributed by atoms with van der Waals surface area (Å²) in [4.78, 5) is 9.34. The second-order valence-electron chi connectivity index (χ2n) is 6.08. The summed E-state index contributed by atoms with van der Waals surface area (Å²) >= 11 is 0. The maximum Gasteiger partial charge on any atom is 0.171 e. The highest BCUT2D eigenvalue weighted by molar-refractivity contribution is 5.96. The highest BCUT2D eigenvalue weighted by atomic mass is 16.4. The average Bonchev–Trinajstić information content (AvgIpc) is 2.54. The van der Waals surface area contributed by atoms with Crippen LogP contribution in [-0.4, -0.2) is 53.7 Å². The number of aromatic nitrogens is 1. The lowest BCUT2D eigenvalue weighted by molar-refractivity contribution is 0.102. The van der Waals surface area contributed by atoms with Crippen LogP contribution < -0.4 is 10.6 Å². The first-order valence-electron chi connectivity index (χ1n) is 7.58. The molecule has 0 aromatic carbocycles. The van der Waals surface area contributed by atoms with E-state index in [1.165, 1.54) is 25.8 Å². The number of oxime groups is 1. The van der Waals surface area contributed by atoms with Gasteiger partial charge >= 0.3 is 0 Å². The molecular weight excluding hydrogens is 266 g/mol. The Hall–Kier alpha value is -1.82. The SMILES string of the molecule is CN1CCCC2CN(c3ccc(/C(N)=N/O)cn3)CCC21. The van der Waals surface area contributed by atoms with Gasteiger partial charge in [0.05, 0.1) is 0 Å². The van der Waals surface area contributed by atoms with Crippen molar-refractivity contribution in [1.29, 1.82) is 0 Å². The molecule has 6 heteroatoms. The number of fused-ring (bicyclic) bond motifs is 1. The van der Waals surface area contributed by atoms with Crippen molar-refractivity contribution in [3.63, 3.8) is 0 Å². The normalized spacial score (nSPS) is 27.5. The number of rotatable bonds is 2. The molecule has 0 spiro atoms. The van der Waals surface area contributed by atoms with E-state index in [2.05, 4.69) is 27.0 Å². The van der Waals surface area contributed by atoms with Crippen molar-refractivity contribution in [3.05, 3.63) is 23.9 Å². The van der Waals surface area contributed by atoms with E-state index in [1.807, 2.05) is 12.1 Å². The van der Waals surface area contributed by atoms with Gasteiger partial charge in [-0.2, -0.15) is 0 Å². The van der Waals surface area contributed by atoms with Crippen molar-refractivity contribution in [2.24, 2.45) is 16.8 Å². The molecule has 21 heavy (non-hydrogen) atoms. The minimum atomic E-state index is 0.0988. The zero-order valence-electron chi connectivity index (χ0n) is 12.4. The summed E-state index contributed by atoms with van der Waals surface area (Å²) in [6.45, 7) is 3.35. The zero-order valence-corrected chi connectivity index (χ0v) is 12.4. The molecule has 3 N–H and O–H groups in total. The quantitative estimate of drug-likeness (QED) is 0.369. The summed E-state index contributed by atoms with van der Waals surface area (Å²) in [7, 11) is 2.25. The minimum Gasteiger partial charge on any atom is -0.409 e. The topological polar surface area (TPSA) is 78.0 Å². The lowest BCUT2D eigenvalue weighted by Gasteiger charge is -2.46. The van der Waals surface area contributed by atoms with Crippen molar-refractivity contribution in [2.75, 3.05) is 31.6 Å². The van der Waals surface area contributed by atoms with Crippen LogP contribution in [0.15, 0.2) is 23.5 Å². The van der Waals surface area contributed by atoms with Gasteiger partial charge in [-0.25, -0.2) is 4.98 Å².